The first-order valence-corrected chi connectivity index (χ1v) is 9.82. The van der Waals surface area contributed by atoms with Crippen molar-refractivity contribution in [2.75, 3.05) is 70.6 Å². The van der Waals surface area contributed by atoms with Crippen molar-refractivity contribution in [1.82, 2.24) is 4.90 Å². The van der Waals surface area contributed by atoms with E-state index in [9.17, 15) is 9.59 Å². The summed E-state index contributed by atoms with van der Waals surface area (Å²) in [5.74, 6) is 1.44. The maximum Gasteiger partial charge on any atom is 0.234 e. The molecule has 27 heavy (non-hydrogen) atoms. The summed E-state index contributed by atoms with van der Waals surface area (Å²) in [6, 6.07) is 5.17. The number of anilines is 1. The highest BCUT2D eigenvalue weighted by atomic mass is 32.2. The third kappa shape index (κ3) is 7.28. The fourth-order valence-corrected chi connectivity index (χ4v) is 3.15. The van der Waals surface area contributed by atoms with Gasteiger partial charge in [0.25, 0.3) is 0 Å². The monoisotopic (exact) mass is 398 g/mol. The van der Waals surface area contributed by atoms with Crippen LogP contribution in [0.1, 0.15) is 0 Å². The van der Waals surface area contributed by atoms with Crippen molar-refractivity contribution in [3.8, 4) is 11.5 Å². The number of nitrogens with zero attached hydrogens (tertiary/aromatic N) is 1. The van der Waals surface area contributed by atoms with Crippen LogP contribution in [0.2, 0.25) is 0 Å². The van der Waals surface area contributed by atoms with Crippen LogP contribution in [-0.2, 0) is 19.1 Å². The highest BCUT2D eigenvalue weighted by Crippen LogP contribution is 2.30. The van der Waals surface area contributed by atoms with Crippen LogP contribution in [0.3, 0.4) is 0 Å². The smallest absolute Gasteiger partial charge is 0.234 e. The van der Waals surface area contributed by atoms with E-state index >= 15 is 0 Å². The number of amides is 2. The van der Waals surface area contributed by atoms with E-state index in [4.69, 9.17) is 18.9 Å². The molecule has 1 aromatic rings. The Morgan fingerprint density at radius 1 is 1.15 bits per heavy atom. The molecule has 2 rings (SSSR count). The minimum Gasteiger partial charge on any atom is -0.493 e. The van der Waals surface area contributed by atoms with Gasteiger partial charge in [0.2, 0.25) is 11.8 Å². The second-order valence-electron chi connectivity index (χ2n) is 5.74. The van der Waals surface area contributed by atoms with Gasteiger partial charge in [-0.3, -0.25) is 9.59 Å². The van der Waals surface area contributed by atoms with Gasteiger partial charge < -0.3 is 29.2 Å². The molecule has 0 radical (unpaired) electrons. The predicted molar refractivity (Wildman–Crippen MR) is 104 cm³/mol. The standard InChI is InChI=1S/C18H26N2O6S/c1-23-9-10-26-16-11-14(3-4-15(16)24-2)19-17(21)12-27-13-18(22)20-5-7-25-8-6-20/h3-4,11H,5-10,12-13H2,1-2H3,(H,19,21). The lowest BCUT2D eigenvalue weighted by Crippen LogP contribution is -2.41. The minimum atomic E-state index is -0.178. The number of hydrogen-bond acceptors (Lipinski definition) is 7. The topological polar surface area (TPSA) is 86.3 Å². The lowest BCUT2D eigenvalue weighted by atomic mass is 10.2. The molecule has 1 aliphatic rings. The van der Waals surface area contributed by atoms with Gasteiger partial charge in [0, 0.05) is 32.0 Å². The number of benzene rings is 1. The van der Waals surface area contributed by atoms with Crippen LogP contribution >= 0.6 is 11.8 Å². The third-order valence-electron chi connectivity index (χ3n) is 3.81. The van der Waals surface area contributed by atoms with Crippen molar-refractivity contribution in [3.05, 3.63) is 18.2 Å². The van der Waals surface area contributed by atoms with Gasteiger partial charge in [-0.2, -0.15) is 0 Å². The number of carbonyl (C=O) groups excluding carboxylic acids is 2. The summed E-state index contributed by atoms with van der Waals surface area (Å²) in [5, 5.41) is 2.81. The number of nitrogens with one attached hydrogen (secondary N) is 1. The molecule has 0 aliphatic carbocycles. The van der Waals surface area contributed by atoms with Crippen molar-refractivity contribution < 1.29 is 28.5 Å². The average Bonchev–Trinajstić information content (AvgIpc) is 2.69. The molecule has 0 aromatic heterocycles. The van der Waals surface area contributed by atoms with Crippen molar-refractivity contribution in [3.63, 3.8) is 0 Å². The normalized spacial score (nSPS) is 13.9. The molecule has 1 fully saturated rings. The molecule has 1 saturated heterocycles. The van der Waals surface area contributed by atoms with Crippen LogP contribution in [0.15, 0.2) is 18.2 Å². The van der Waals surface area contributed by atoms with Gasteiger partial charge in [-0.05, 0) is 12.1 Å². The van der Waals surface area contributed by atoms with Gasteiger partial charge in [0.15, 0.2) is 11.5 Å². The molecule has 9 heteroatoms. The van der Waals surface area contributed by atoms with Crippen LogP contribution in [0.5, 0.6) is 11.5 Å². The maximum absolute atomic E-state index is 12.1. The minimum absolute atomic E-state index is 0.0365. The quantitative estimate of drug-likeness (QED) is 0.594. The Morgan fingerprint density at radius 2 is 1.93 bits per heavy atom. The lowest BCUT2D eigenvalue weighted by Gasteiger charge is -2.26. The zero-order chi connectivity index (χ0) is 19.5. The molecule has 0 unspecified atom stereocenters. The summed E-state index contributed by atoms with van der Waals surface area (Å²) in [6.45, 7) is 3.20. The molecule has 0 atom stereocenters. The molecule has 1 aromatic carbocycles. The largest absolute Gasteiger partial charge is 0.493 e. The molecule has 0 spiro atoms. The Bertz CT molecular complexity index is 622. The molecule has 150 valence electrons. The summed E-state index contributed by atoms with van der Waals surface area (Å²) in [5.41, 5.74) is 0.605. The second-order valence-corrected chi connectivity index (χ2v) is 6.73. The van der Waals surface area contributed by atoms with Crippen LogP contribution in [0.4, 0.5) is 5.69 Å². The lowest BCUT2D eigenvalue weighted by molar-refractivity contribution is -0.132. The predicted octanol–water partition coefficient (Wildman–Crippen LogP) is 1.25. The van der Waals surface area contributed by atoms with Crippen LogP contribution < -0.4 is 14.8 Å². The Morgan fingerprint density at radius 3 is 2.63 bits per heavy atom. The van der Waals surface area contributed by atoms with E-state index in [1.165, 1.54) is 11.8 Å². The van der Waals surface area contributed by atoms with Gasteiger partial charge in [-0.1, -0.05) is 0 Å². The SMILES string of the molecule is COCCOc1cc(NC(=O)CSCC(=O)N2CCOCC2)ccc1OC. The fraction of sp³-hybridized carbons (Fsp3) is 0.556. The number of morpholine rings is 1. The van der Waals surface area contributed by atoms with Crippen molar-refractivity contribution in [1.29, 1.82) is 0 Å². The molecule has 1 N–H and O–H groups in total. The maximum atomic E-state index is 12.1. The Kier molecular flexibility index (Phi) is 9.23. The Balaban J connectivity index is 1.78. The molecule has 1 aliphatic heterocycles. The highest BCUT2D eigenvalue weighted by molar-refractivity contribution is 8.00. The van der Waals surface area contributed by atoms with Gasteiger partial charge in [0.1, 0.15) is 6.61 Å². The zero-order valence-electron chi connectivity index (χ0n) is 15.7. The Hall–Kier alpha value is -1.97. The number of methoxy groups -OCH3 is 2. The van der Waals surface area contributed by atoms with Gasteiger partial charge in [0.05, 0.1) is 38.4 Å². The number of carbonyl (C=O) groups is 2. The first-order chi connectivity index (χ1) is 13.1. The molecule has 0 bridgehead atoms. The summed E-state index contributed by atoms with van der Waals surface area (Å²) in [4.78, 5) is 25.9. The number of rotatable bonds is 10. The van der Waals surface area contributed by atoms with Crippen LogP contribution in [0.25, 0.3) is 0 Å². The molecule has 0 saturated carbocycles. The summed E-state index contributed by atoms with van der Waals surface area (Å²) in [7, 11) is 3.15. The van der Waals surface area contributed by atoms with Crippen LogP contribution in [0, 0.1) is 0 Å². The molecule has 8 nitrogen and oxygen atoms in total. The van der Waals surface area contributed by atoms with Gasteiger partial charge in [-0.25, -0.2) is 0 Å². The average molecular weight is 398 g/mol. The van der Waals surface area contributed by atoms with Crippen molar-refractivity contribution >= 4 is 29.3 Å². The number of ether oxygens (including phenoxy) is 4. The number of hydrogen-bond donors (Lipinski definition) is 1. The van der Waals surface area contributed by atoms with Crippen molar-refractivity contribution in [2.45, 2.75) is 0 Å². The van der Waals surface area contributed by atoms with E-state index in [0.29, 0.717) is 56.7 Å². The van der Waals surface area contributed by atoms with Crippen molar-refractivity contribution in [2.24, 2.45) is 0 Å². The summed E-state index contributed by atoms with van der Waals surface area (Å²) in [6.07, 6.45) is 0. The summed E-state index contributed by atoms with van der Waals surface area (Å²) >= 11 is 1.29. The summed E-state index contributed by atoms with van der Waals surface area (Å²) < 4.78 is 21.0. The van der Waals surface area contributed by atoms with Gasteiger partial charge >= 0.3 is 0 Å². The molecule has 2 amide bonds. The van der Waals surface area contributed by atoms with E-state index in [1.54, 1.807) is 37.3 Å². The second kappa shape index (κ2) is 11.7. The van der Waals surface area contributed by atoms with E-state index in [1.807, 2.05) is 0 Å². The van der Waals surface area contributed by atoms with E-state index in [2.05, 4.69) is 5.32 Å². The van der Waals surface area contributed by atoms with E-state index in [-0.39, 0.29) is 23.3 Å². The molecular formula is C18H26N2O6S. The molecule has 1 heterocycles. The zero-order valence-corrected chi connectivity index (χ0v) is 16.5. The van der Waals surface area contributed by atoms with E-state index in [0.717, 1.165) is 0 Å². The van der Waals surface area contributed by atoms with Gasteiger partial charge in [-0.15, -0.1) is 11.8 Å². The first kappa shape index (κ1) is 21.3. The first-order valence-electron chi connectivity index (χ1n) is 8.67. The Labute approximate surface area is 163 Å². The highest BCUT2D eigenvalue weighted by Gasteiger charge is 2.17. The van der Waals surface area contributed by atoms with E-state index < -0.39 is 0 Å². The number of thioether (sulfide) groups is 1. The third-order valence-corrected chi connectivity index (χ3v) is 4.73. The molecular weight excluding hydrogens is 372 g/mol. The van der Waals surface area contributed by atoms with Crippen LogP contribution in [-0.4, -0.2) is 82.0 Å². The fourth-order valence-electron chi connectivity index (χ4n) is 2.43.